The van der Waals surface area contributed by atoms with Gasteiger partial charge in [0.15, 0.2) is 0 Å². The number of unbranched alkanes of at least 4 members (excludes halogenated alkanes) is 7. The van der Waals surface area contributed by atoms with Gasteiger partial charge in [0, 0.05) is 0 Å². The lowest BCUT2D eigenvalue weighted by molar-refractivity contribution is 0.567. The molecule has 0 aliphatic rings. The fraction of sp³-hybridized carbons (Fsp3) is 0.417. The highest BCUT2D eigenvalue weighted by atomic mass is 32.2. The smallest absolute Gasteiger partial charge is 0.253 e. The summed E-state index contributed by atoms with van der Waals surface area (Å²) in [6.45, 7) is 0. The van der Waals surface area contributed by atoms with Gasteiger partial charge in [0.2, 0.25) is 5.13 Å². The molecule has 1 heterocycles. The number of rotatable bonds is 14. The third-order valence-electron chi connectivity index (χ3n) is 5.34. The fourth-order valence-electron chi connectivity index (χ4n) is 3.59. The Labute approximate surface area is 190 Å². The second-order valence-electron chi connectivity index (χ2n) is 7.81. The minimum absolute atomic E-state index is 0.249. The summed E-state index contributed by atoms with van der Waals surface area (Å²) in [5, 5.41) is 7.64. The van der Waals surface area contributed by atoms with Gasteiger partial charge in [0.25, 0.3) is 10.0 Å². The summed E-state index contributed by atoms with van der Waals surface area (Å²) in [7, 11) is -3.60. The molecule has 0 radical (unpaired) electrons. The van der Waals surface area contributed by atoms with E-state index in [1.807, 2.05) is 12.1 Å². The Hall–Kier alpha value is -2.25. The highest BCUT2D eigenvalue weighted by Gasteiger charge is 2.15. The number of nitrogens with one attached hydrogen (secondary N) is 1. The number of sulfonamides is 1. The molecular weight excluding hydrogens is 426 g/mol. The van der Waals surface area contributed by atoms with Gasteiger partial charge in [-0.15, -0.1) is 10.2 Å². The van der Waals surface area contributed by atoms with Crippen molar-refractivity contribution in [2.75, 3.05) is 4.72 Å². The normalized spacial score (nSPS) is 11.5. The molecule has 3 rings (SSSR count). The van der Waals surface area contributed by atoms with E-state index in [1.54, 1.807) is 12.1 Å². The van der Waals surface area contributed by atoms with Crippen molar-refractivity contribution in [3.8, 4) is 0 Å². The quantitative estimate of drug-likeness (QED) is 0.291. The molecule has 2 aromatic carbocycles. The van der Waals surface area contributed by atoms with E-state index in [0.717, 1.165) is 24.2 Å². The summed E-state index contributed by atoms with van der Waals surface area (Å²) in [4.78, 5) is 0.249. The van der Waals surface area contributed by atoms with E-state index in [9.17, 15) is 8.42 Å². The highest BCUT2D eigenvalue weighted by molar-refractivity contribution is 7.93. The number of nitrogens with zero attached hydrogens (tertiary/aromatic N) is 2. The predicted octanol–water partition coefficient (Wildman–Crippen LogP) is 6.24. The maximum absolute atomic E-state index is 12.3. The minimum atomic E-state index is -3.60. The van der Waals surface area contributed by atoms with Gasteiger partial charge in [0.05, 0.1) is 4.90 Å². The largest absolute Gasteiger partial charge is 0.263 e. The maximum Gasteiger partial charge on any atom is 0.263 e. The summed E-state index contributed by atoms with van der Waals surface area (Å²) in [5.74, 6) is 0. The molecule has 5 nitrogen and oxygen atoms in total. The van der Waals surface area contributed by atoms with E-state index in [1.165, 1.54) is 68.0 Å². The summed E-state index contributed by atoms with van der Waals surface area (Å²) >= 11 is 1.16. The Balaban J connectivity index is 1.24. The molecule has 0 amide bonds. The monoisotopic (exact) mass is 457 g/mol. The van der Waals surface area contributed by atoms with Crippen molar-refractivity contribution in [3.63, 3.8) is 0 Å². The minimum Gasteiger partial charge on any atom is -0.253 e. The second-order valence-corrected chi connectivity index (χ2v) is 10.3. The van der Waals surface area contributed by atoms with Gasteiger partial charge in [-0.2, -0.15) is 0 Å². The molecule has 1 aromatic heterocycles. The molecule has 0 bridgehead atoms. The summed E-state index contributed by atoms with van der Waals surface area (Å²) in [6.07, 6.45) is 12.4. The average Bonchev–Trinajstić information content (AvgIpc) is 3.28. The number of anilines is 1. The van der Waals surface area contributed by atoms with Crippen molar-refractivity contribution >= 4 is 26.5 Å². The van der Waals surface area contributed by atoms with Crippen molar-refractivity contribution in [1.29, 1.82) is 0 Å². The van der Waals surface area contributed by atoms with Crippen LogP contribution in [0.15, 0.2) is 65.0 Å². The molecular formula is C24H31N3O2S2. The van der Waals surface area contributed by atoms with E-state index in [2.05, 4.69) is 45.3 Å². The molecule has 1 N–H and O–H groups in total. The van der Waals surface area contributed by atoms with E-state index in [0.29, 0.717) is 0 Å². The highest BCUT2D eigenvalue weighted by Crippen LogP contribution is 2.18. The first kappa shape index (κ1) is 23.4. The van der Waals surface area contributed by atoms with Crippen LogP contribution in [0.1, 0.15) is 62.5 Å². The zero-order chi connectivity index (χ0) is 21.8. The van der Waals surface area contributed by atoms with Crippen LogP contribution in [0.3, 0.4) is 0 Å². The predicted molar refractivity (Wildman–Crippen MR) is 128 cm³/mol. The van der Waals surface area contributed by atoms with Crippen LogP contribution in [0, 0.1) is 0 Å². The molecule has 0 fully saturated rings. The number of aromatic nitrogens is 2. The first-order valence-electron chi connectivity index (χ1n) is 11.1. The van der Waals surface area contributed by atoms with Crippen LogP contribution in [0.2, 0.25) is 0 Å². The summed E-state index contributed by atoms with van der Waals surface area (Å²) in [6, 6.07) is 17.9. The maximum atomic E-state index is 12.3. The third-order valence-corrected chi connectivity index (χ3v) is 7.43. The molecule has 0 spiro atoms. The summed E-state index contributed by atoms with van der Waals surface area (Å²) in [5.41, 5.74) is 4.12. The third kappa shape index (κ3) is 8.42. The van der Waals surface area contributed by atoms with Crippen LogP contribution in [-0.4, -0.2) is 18.6 Å². The van der Waals surface area contributed by atoms with Gasteiger partial charge in [0.1, 0.15) is 5.51 Å². The van der Waals surface area contributed by atoms with Gasteiger partial charge in [-0.25, -0.2) is 8.42 Å². The Kier molecular flexibility index (Phi) is 9.49. The Morgan fingerprint density at radius 1 is 0.710 bits per heavy atom. The zero-order valence-electron chi connectivity index (χ0n) is 17.9. The van der Waals surface area contributed by atoms with Gasteiger partial charge >= 0.3 is 0 Å². The number of hydrogen-bond acceptors (Lipinski definition) is 5. The van der Waals surface area contributed by atoms with Crippen LogP contribution in [-0.2, 0) is 22.9 Å². The molecule has 166 valence electrons. The molecule has 0 saturated carbocycles. The topological polar surface area (TPSA) is 72.0 Å². The van der Waals surface area contributed by atoms with E-state index >= 15 is 0 Å². The van der Waals surface area contributed by atoms with Gasteiger partial charge in [-0.05, 0) is 48.9 Å². The SMILES string of the molecule is O=S(=O)(Nc1nncs1)c1ccc(CCCCCCCCCCc2ccccc2)cc1. The van der Waals surface area contributed by atoms with Crippen molar-refractivity contribution in [2.45, 2.75) is 69.1 Å². The Morgan fingerprint density at radius 2 is 1.26 bits per heavy atom. The standard InChI is InChI=1S/C24H31N3O2S2/c28-31(29,27-24-26-25-20-30-24)23-18-16-22(17-19-23)15-9-6-4-2-1-3-5-8-12-21-13-10-7-11-14-21/h7,10-11,13-14,16-20H,1-6,8-9,12,15H2,(H,26,27). The molecule has 0 aliphatic carbocycles. The number of benzene rings is 2. The van der Waals surface area contributed by atoms with Gasteiger partial charge in [-0.3, -0.25) is 4.72 Å². The van der Waals surface area contributed by atoms with E-state index in [4.69, 9.17) is 0 Å². The van der Waals surface area contributed by atoms with Crippen LogP contribution in [0.5, 0.6) is 0 Å². The lowest BCUT2D eigenvalue weighted by Gasteiger charge is -2.06. The first-order valence-corrected chi connectivity index (χ1v) is 13.4. The second kappa shape index (κ2) is 12.6. The molecule has 3 aromatic rings. The molecule has 0 atom stereocenters. The zero-order valence-corrected chi connectivity index (χ0v) is 19.5. The van der Waals surface area contributed by atoms with Gasteiger partial charge < -0.3 is 0 Å². The first-order chi connectivity index (χ1) is 15.1. The van der Waals surface area contributed by atoms with Crippen LogP contribution in [0.4, 0.5) is 5.13 Å². The van der Waals surface area contributed by atoms with Gasteiger partial charge in [-0.1, -0.05) is 92.3 Å². The van der Waals surface area contributed by atoms with Crippen molar-refractivity contribution in [3.05, 3.63) is 71.2 Å². The van der Waals surface area contributed by atoms with E-state index in [-0.39, 0.29) is 10.0 Å². The lowest BCUT2D eigenvalue weighted by Crippen LogP contribution is -2.12. The fourth-order valence-corrected chi connectivity index (χ4v) is 5.28. The Bertz CT molecular complexity index is 973. The van der Waals surface area contributed by atoms with Crippen molar-refractivity contribution in [2.24, 2.45) is 0 Å². The van der Waals surface area contributed by atoms with Crippen LogP contribution < -0.4 is 4.72 Å². The lowest BCUT2D eigenvalue weighted by atomic mass is 10.0. The molecule has 0 unspecified atom stereocenters. The molecule has 7 heteroatoms. The van der Waals surface area contributed by atoms with Crippen LogP contribution >= 0.6 is 11.3 Å². The number of aryl methyl sites for hydroxylation is 2. The van der Waals surface area contributed by atoms with Crippen LogP contribution in [0.25, 0.3) is 0 Å². The average molecular weight is 458 g/mol. The van der Waals surface area contributed by atoms with Crippen molar-refractivity contribution in [1.82, 2.24) is 10.2 Å². The van der Waals surface area contributed by atoms with Crippen molar-refractivity contribution < 1.29 is 8.42 Å². The Morgan fingerprint density at radius 3 is 1.81 bits per heavy atom. The summed E-state index contributed by atoms with van der Waals surface area (Å²) < 4.78 is 27.1. The van der Waals surface area contributed by atoms with E-state index < -0.39 is 10.0 Å². The molecule has 0 saturated heterocycles. The number of hydrogen-bond donors (Lipinski definition) is 1. The molecule has 31 heavy (non-hydrogen) atoms. The molecule has 0 aliphatic heterocycles.